The summed E-state index contributed by atoms with van der Waals surface area (Å²) in [6.45, 7) is 0.738. The van der Waals surface area contributed by atoms with Crippen LogP contribution in [0, 0.1) is 0 Å². The van der Waals surface area contributed by atoms with E-state index in [0.29, 0.717) is 11.4 Å². The zero-order valence-corrected chi connectivity index (χ0v) is 10.1. The minimum atomic E-state index is 0. The molecule has 0 bridgehead atoms. The Morgan fingerprint density at radius 3 is 2.40 bits per heavy atom. The monoisotopic (exact) mass is 217 g/mol. The van der Waals surface area contributed by atoms with Crippen molar-refractivity contribution in [3.8, 4) is 0 Å². The van der Waals surface area contributed by atoms with Crippen LogP contribution in [0.15, 0.2) is 0 Å². The molecule has 0 aliphatic rings. The molecule has 0 heterocycles. The van der Waals surface area contributed by atoms with E-state index in [4.69, 9.17) is 5.73 Å². The molecule has 0 amide bonds. The Hall–Kier alpha value is 1.40. The number of rotatable bonds is 5. The van der Waals surface area contributed by atoms with Gasteiger partial charge in [0.2, 0.25) is 0 Å². The summed E-state index contributed by atoms with van der Waals surface area (Å²) in [6.07, 6.45) is 2.69. The first-order valence-corrected chi connectivity index (χ1v) is 4.15. The molecule has 0 aliphatic heterocycles. The van der Waals surface area contributed by atoms with Gasteiger partial charge in [-0.05, 0) is 19.4 Å². The van der Waals surface area contributed by atoms with Crippen molar-refractivity contribution >= 4 is 15.9 Å². The molecule has 0 aliphatic carbocycles. The molecule has 0 spiro atoms. The molecule has 0 fully saturated rings. The van der Waals surface area contributed by atoms with Crippen LogP contribution in [0.25, 0.3) is 0 Å². The van der Waals surface area contributed by atoms with Crippen LogP contribution in [-0.4, -0.2) is 18.0 Å². The molecule has 0 rings (SSSR count). The zero-order valence-electron chi connectivity index (χ0n) is 6.48. The van der Waals surface area contributed by atoms with Crippen LogP contribution in [0.5, 0.6) is 0 Å². The van der Waals surface area contributed by atoms with Crippen molar-refractivity contribution in [3.63, 3.8) is 0 Å². The van der Waals surface area contributed by atoms with Crippen molar-refractivity contribution in [2.24, 2.45) is 5.73 Å². The summed E-state index contributed by atoms with van der Waals surface area (Å²) >= 11 is 3.42. The molecule has 2 N–H and O–H groups in total. The minimum absolute atomic E-state index is 0. The third-order valence-corrected chi connectivity index (χ3v) is 2.06. The van der Waals surface area contributed by atoms with Crippen molar-refractivity contribution in [3.05, 3.63) is 0 Å². The maximum atomic E-state index is 9.99. The predicted molar refractivity (Wildman–Crippen MR) is 40.5 cm³/mol. The van der Waals surface area contributed by atoms with E-state index in [2.05, 4.69) is 15.9 Å². The van der Waals surface area contributed by atoms with Crippen LogP contribution in [0.4, 0.5) is 0 Å². The van der Waals surface area contributed by atoms with E-state index < -0.39 is 0 Å². The summed E-state index contributed by atoms with van der Waals surface area (Å²) in [5, 5.41) is 9.99. The van der Waals surface area contributed by atoms with Crippen molar-refractivity contribution in [2.75, 3.05) is 13.2 Å². The molecular formula is C6H13BrNNaO. The van der Waals surface area contributed by atoms with E-state index in [9.17, 15) is 5.11 Å². The smallest absolute Gasteiger partial charge is 0.854 e. The number of hydrogen-bond acceptors (Lipinski definition) is 2. The Bertz CT molecular complexity index is 65.7. The molecule has 0 aromatic heterocycles. The van der Waals surface area contributed by atoms with Gasteiger partial charge in [-0.15, -0.1) is 6.61 Å². The summed E-state index contributed by atoms with van der Waals surface area (Å²) in [5.41, 5.74) is 5.29. The van der Waals surface area contributed by atoms with Crippen LogP contribution in [0.3, 0.4) is 0 Å². The van der Waals surface area contributed by atoms with E-state index in [1.807, 2.05) is 0 Å². The molecule has 0 saturated carbocycles. The van der Waals surface area contributed by atoms with Crippen molar-refractivity contribution in [2.45, 2.75) is 24.1 Å². The zero-order chi connectivity index (χ0) is 7.11. The van der Waals surface area contributed by atoms with Gasteiger partial charge in [0.15, 0.2) is 0 Å². The fraction of sp³-hybridized carbons (Fsp3) is 1.00. The molecular weight excluding hydrogens is 205 g/mol. The van der Waals surface area contributed by atoms with Gasteiger partial charge in [0, 0.05) is 4.83 Å². The van der Waals surface area contributed by atoms with Gasteiger partial charge in [-0.1, -0.05) is 22.4 Å². The van der Waals surface area contributed by atoms with Gasteiger partial charge in [-0.2, -0.15) is 0 Å². The quantitative estimate of drug-likeness (QED) is 0.401. The molecule has 0 aromatic rings. The molecule has 4 heteroatoms. The van der Waals surface area contributed by atoms with Crippen LogP contribution in [-0.2, 0) is 0 Å². The Morgan fingerprint density at radius 1 is 1.40 bits per heavy atom. The molecule has 1 unspecified atom stereocenters. The van der Waals surface area contributed by atoms with E-state index >= 15 is 0 Å². The Kier molecular flexibility index (Phi) is 14.5. The Labute approximate surface area is 93.0 Å². The normalized spacial score (nSPS) is 12.3. The first kappa shape index (κ1) is 14.0. The summed E-state index contributed by atoms with van der Waals surface area (Å²) in [5.74, 6) is 0. The number of hydrogen-bond donors (Lipinski definition) is 1. The van der Waals surface area contributed by atoms with E-state index in [1.54, 1.807) is 0 Å². The van der Waals surface area contributed by atoms with Gasteiger partial charge in [-0.3, -0.25) is 0 Å². The molecule has 56 valence electrons. The van der Waals surface area contributed by atoms with Crippen LogP contribution in [0.1, 0.15) is 19.3 Å². The van der Waals surface area contributed by atoms with Crippen molar-refractivity contribution in [1.29, 1.82) is 0 Å². The van der Waals surface area contributed by atoms with E-state index in [0.717, 1.165) is 19.3 Å². The molecule has 0 aromatic carbocycles. The van der Waals surface area contributed by atoms with Crippen molar-refractivity contribution in [1.82, 2.24) is 0 Å². The van der Waals surface area contributed by atoms with Crippen LogP contribution < -0.4 is 40.4 Å². The summed E-state index contributed by atoms with van der Waals surface area (Å²) in [7, 11) is 0. The largest absolute Gasteiger partial charge is 1.00 e. The first-order chi connectivity index (χ1) is 4.31. The summed E-state index contributed by atoms with van der Waals surface area (Å²) in [6, 6.07) is 0. The van der Waals surface area contributed by atoms with Gasteiger partial charge in [0.1, 0.15) is 0 Å². The third-order valence-electron chi connectivity index (χ3n) is 1.14. The average Bonchev–Trinajstić information content (AvgIpc) is 1.85. The number of nitrogens with two attached hydrogens (primary N) is 1. The van der Waals surface area contributed by atoms with Gasteiger partial charge in [0.25, 0.3) is 0 Å². The molecule has 2 nitrogen and oxygen atoms in total. The molecule has 0 saturated heterocycles. The van der Waals surface area contributed by atoms with Crippen LogP contribution >= 0.6 is 15.9 Å². The third kappa shape index (κ3) is 9.40. The van der Waals surface area contributed by atoms with Crippen molar-refractivity contribution < 1.29 is 34.7 Å². The summed E-state index contributed by atoms with van der Waals surface area (Å²) < 4.78 is 0. The van der Waals surface area contributed by atoms with Gasteiger partial charge in [-0.25, -0.2) is 0 Å². The Morgan fingerprint density at radius 2 is 2.00 bits per heavy atom. The predicted octanol–water partition coefficient (Wildman–Crippen LogP) is -2.76. The van der Waals surface area contributed by atoms with Gasteiger partial charge < -0.3 is 10.8 Å². The second-order valence-corrected chi connectivity index (χ2v) is 3.32. The molecule has 10 heavy (non-hydrogen) atoms. The van der Waals surface area contributed by atoms with Gasteiger partial charge in [0.05, 0.1) is 0 Å². The molecule has 1 atom stereocenters. The fourth-order valence-corrected chi connectivity index (χ4v) is 1.22. The van der Waals surface area contributed by atoms with E-state index in [-0.39, 0.29) is 36.2 Å². The first-order valence-electron chi connectivity index (χ1n) is 3.23. The average molecular weight is 218 g/mol. The maximum absolute atomic E-state index is 9.99. The Balaban J connectivity index is 0. The second kappa shape index (κ2) is 10.4. The SMILES string of the molecule is NCCC(Br)CCC[O-].[Na+]. The topological polar surface area (TPSA) is 49.1 Å². The standard InChI is InChI=1S/C6H13BrNO.Na/c7-6(3-4-8)2-1-5-9;/h6H,1-5,8H2;/q-1;+1. The number of alkyl halides is 1. The minimum Gasteiger partial charge on any atom is -0.854 e. The van der Waals surface area contributed by atoms with Crippen LogP contribution in [0.2, 0.25) is 0 Å². The second-order valence-electron chi connectivity index (χ2n) is 2.02. The van der Waals surface area contributed by atoms with E-state index in [1.165, 1.54) is 0 Å². The molecule has 0 radical (unpaired) electrons. The summed E-state index contributed by atoms with van der Waals surface area (Å²) in [4.78, 5) is 0.455. The van der Waals surface area contributed by atoms with Gasteiger partial charge >= 0.3 is 29.6 Å². The maximum Gasteiger partial charge on any atom is 1.00 e. The number of halogens is 1. The fourth-order valence-electron chi connectivity index (χ4n) is 0.630.